The van der Waals surface area contributed by atoms with E-state index < -0.39 is 5.97 Å². The molecule has 0 saturated carbocycles. The van der Waals surface area contributed by atoms with Crippen LogP contribution in [0.15, 0.2) is 12.3 Å². The van der Waals surface area contributed by atoms with Crippen LogP contribution in [0.2, 0.25) is 0 Å². The molecule has 0 radical (unpaired) electrons. The first-order valence-electron chi connectivity index (χ1n) is 6.09. The zero-order valence-corrected chi connectivity index (χ0v) is 10.2. The normalized spacial score (nSPS) is 18.4. The molecule has 94 valence electrons. The van der Waals surface area contributed by atoms with Gasteiger partial charge in [0.15, 0.2) is 0 Å². The van der Waals surface area contributed by atoms with E-state index in [2.05, 4.69) is 16.1 Å². The number of carboxylic acids is 1. The molecule has 1 N–H and O–H groups in total. The van der Waals surface area contributed by atoms with Crippen molar-refractivity contribution in [1.82, 2.24) is 14.7 Å². The molecule has 5 heteroatoms. The van der Waals surface area contributed by atoms with Gasteiger partial charge in [0.2, 0.25) is 0 Å². The first-order chi connectivity index (χ1) is 8.15. The van der Waals surface area contributed by atoms with Crippen LogP contribution in [0.1, 0.15) is 30.9 Å². The van der Waals surface area contributed by atoms with Gasteiger partial charge in [-0.05, 0) is 32.0 Å². The summed E-state index contributed by atoms with van der Waals surface area (Å²) in [6.45, 7) is 2.63. The highest BCUT2D eigenvalue weighted by Gasteiger charge is 2.22. The van der Waals surface area contributed by atoms with Gasteiger partial charge in [0.05, 0.1) is 12.1 Å². The van der Waals surface area contributed by atoms with E-state index in [9.17, 15) is 4.79 Å². The van der Waals surface area contributed by atoms with Crippen molar-refractivity contribution in [3.63, 3.8) is 0 Å². The van der Waals surface area contributed by atoms with Gasteiger partial charge in [-0.2, -0.15) is 5.10 Å². The highest BCUT2D eigenvalue weighted by molar-refractivity contribution is 5.66. The molecule has 0 amide bonds. The van der Waals surface area contributed by atoms with E-state index in [1.165, 1.54) is 5.69 Å². The van der Waals surface area contributed by atoms with Gasteiger partial charge in [-0.3, -0.25) is 9.48 Å². The average Bonchev–Trinajstić information content (AvgIpc) is 2.74. The summed E-state index contributed by atoms with van der Waals surface area (Å²) in [5.41, 5.74) is 1.17. The molecule has 0 atom stereocenters. The molecule has 1 saturated heterocycles. The number of hydrogen-bond donors (Lipinski definition) is 1. The summed E-state index contributed by atoms with van der Waals surface area (Å²) in [7, 11) is 1.94. The van der Waals surface area contributed by atoms with Crippen molar-refractivity contribution in [1.29, 1.82) is 0 Å². The van der Waals surface area contributed by atoms with Crippen molar-refractivity contribution >= 4 is 5.97 Å². The standard InChI is InChI=1S/C12H19N3O2/c1-14-6-4-11(13-14)10-2-7-15(8-3-10)9-5-12(16)17/h4,6,10H,2-3,5,7-9H2,1H3,(H,16,17). The number of likely N-dealkylation sites (tertiary alicyclic amines) is 1. The van der Waals surface area contributed by atoms with Crippen LogP contribution in [0.4, 0.5) is 0 Å². The number of aromatic nitrogens is 2. The third kappa shape index (κ3) is 3.30. The third-order valence-corrected chi connectivity index (χ3v) is 3.38. The third-order valence-electron chi connectivity index (χ3n) is 3.38. The minimum Gasteiger partial charge on any atom is -0.481 e. The van der Waals surface area contributed by atoms with E-state index >= 15 is 0 Å². The Hall–Kier alpha value is -1.36. The summed E-state index contributed by atoms with van der Waals surface area (Å²) < 4.78 is 1.84. The van der Waals surface area contributed by atoms with Crippen LogP contribution in [0, 0.1) is 0 Å². The maximum atomic E-state index is 10.5. The number of aliphatic carboxylic acids is 1. The molecule has 2 heterocycles. The van der Waals surface area contributed by atoms with Gasteiger partial charge in [-0.1, -0.05) is 0 Å². The van der Waals surface area contributed by atoms with Crippen molar-refractivity contribution in [3.8, 4) is 0 Å². The van der Waals surface area contributed by atoms with E-state index in [1.807, 2.05) is 17.9 Å². The predicted molar refractivity (Wildman–Crippen MR) is 63.9 cm³/mol. The summed E-state index contributed by atoms with van der Waals surface area (Å²) >= 11 is 0. The van der Waals surface area contributed by atoms with E-state index in [1.54, 1.807) is 0 Å². The maximum absolute atomic E-state index is 10.5. The summed E-state index contributed by atoms with van der Waals surface area (Å²) in [5, 5.41) is 13.1. The largest absolute Gasteiger partial charge is 0.481 e. The Balaban J connectivity index is 1.80. The molecule has 0 aromatic carbocycles. The Morgan fingerprint density at radius 3 is 2.76 bits per heavy atom. The van der Waals surface area contributed by atoms with Crippen molar-refractivity contribution in [2.45, 2.75) is 25.2 Å². The maximum Gasteiger partial charge on any atom is 0.304 e. The van der Waals surface area contributed by atoms with Crippen molar-refractivity contribution in [3.05, 3.63) is 18.0 Å². The molecule has 1 aliphatic rings. The first kappa shape index (κ1) is 12.1. The minimum atomic E-state index is -0.711. The Bertz CT molecular complexity index is 381. The van der Waals surface area contributed by atoms with Crippen molar-refractivity contribution in [2.24, 2.45) is 7.05 Å². The highest BCUT2D eigenvalue weighted by Crippen LogP contribution is 2.26. The summed E-state index contributed by atoms with van der Waals surface area (Å²) in [6.07, 6.45) is 4.38. The summed E-state index contributed by atoms with van der Waals surface area (Å²) in [4.78, 5) is 12.7. The highest BCUT2D eigenvalue weighted by atomic mass is 16.4. The second-order valence-corrected chi connectivity index (χ2v) is 4.67. The lowest BCUT2D eigenvalue weighted by molar-refractivity contribution is -0.137. The smallest absolute Gasteiger partial charge is 0.304 e. The van der Waals surface area contributed by atoms with Gasteiger partial charge >= 0.3 is 5.97 Å². The molecule has 0 spiro atoms. The van der Waals surface area contributed by atoms with Crippen LogP contribution in [0.5, 0.6) is 0 Å². The van der Waals surface area contributed by atoms with Gasteiger partial charge < -0.3 is 10.0 Å². The number of aryl methyl sites for hydroxylation is 1. The first-order valence-corrected chi connectivity index (χ1v) is 6.09. The second-order valence-electron chi connectivity index (χ2n) is 4.67. The van der Waals surface area contributed by atoms with Crippen LogP contribution < -0.4 is 0 Å². The van der Waals surface area contributed by atoms with Crippen LogP contribution in [0.3, 0.4) is 0 Å². The number of hydrogen-bond acceptors (Lipinski definition) is 3. The monoisotopic (exact) mass is 237 g/mol. The summed E-state index contributed by atoms with van der Waals surface area (Å²) in [5.74, 6) is -0.172. The fraction of sp³-hybridized carbons (Fsp3) is 0.667. The molecule has 0 aliphatic carbocycles. The fourth-order valence-electron chi connectivity index (χ4n) is 2.36. The van der Waals surface area contributed by atoms with Gasteiger partial charge in [-0.15, -0.1) is 0 Å². The molecule has 0 bridgehead atoms. The van der Waals surface area contributed by atoms with Crippen LogP contribution >= 0.6 is 0 Å². The molecule has 1 aliphatic heterocycles. The molecule has 1 aromatic rings. The SMILES string of the molecule is Cn1ccc(C2CCN(CCC(=O)O)CC2)n1. The summed E-state index contributed by atoms with van der Waals surface area (Å²) in [6, 6.07) is 2.08. The van der Waals surface area contributed by atoms with E-state index in [0.717, 1.165) is 25.9 Å². The number of carbonyl (C=O) groups is 1. The predicted octanol–water partition coefficient (Wildman–Crippen LogP) is 1.07. The molecule has 17 heavy (non-hydrogen) atoms. The van der Waals surface area contributed by atoms with Gasteiger partial charge in [0, 0.05) is 25.7 Å². The second kappa shape index (κ2) is 5.31. The molecule has 2 rings (SSSR count). The Kier molecular flexibility index (Phi) is 3.78. The van der Waals surface area contributed by atoms with Crippen LogP contribution in [0.25, 0.3) is 0 Å². The molecular weight excluding hydrogens is 218 g/mol. The van der Waals surface area contributed by atoms with Crippen molar-refractivity contribution < 1.29 is 9.90 Å². The molecule has 5 nitrogen and oxygen atoms in total. The van der Waals surface area contributed by atoms with Gasteiger partial charge in [-0.25, -0.2) is 0 Å². The molecule has 1 fully saturated rings. The average molecular weight is 237 g/mol. The topological polar surface area (TPSA) is 58.4 Å². The minimum absolute atomic E-state index is 0.244. The fourth-order valence-corrected chi connectivity index (χ4v) is 2.36. The number of carboxylic acid groups (broad SMARTS) is 1. The van der Waals surface area contributed by atoms with E-state index in [-0.39, 0.29) is 6.42 Å². The van der Waals surface area contributed by atoms with E-state index in [4.69, 9.17) is 5.11 Å². The quantitative estimate of drug-likeness (QED) is 0.851. The number of piperidine rings is 1. The number of rotatable bonds is 4. The zero-order chi connectivity index (χ0) is 12.3. The number of nitrogens with zero attached hydrogens (tertiary/aromatic N) is 3. The zero-order valence-electron chi connectivity index (χ0n) is 10.2. The lowest BCUT2D eigenvalue weighted by Crippen LogP contribution is -2.34. The van der Waals surface area contributed by atoms with Crippen LogP contribution in [-0.4, -0.2) is 45.4 Å². The van der Waals surface area contributed by atoms with E-state index in [0.29, 0.717) is 12.5 Å². The molecule has 1 aromatic heterocycles. The lowest BCUT2D eigenvalue weighted by Gasteiger charge is -2.30. The van der Waals surface area contributed by atoms with Gasteiger partial charge in [0.25, 0.3) is 0 Å². The Labute approximate surface area is 101 Å². The Morgan fingerprint density at radius 1 is 1.53 bits per heavy atom. The van der Waals surface area contributed by atoms with Crippen LogP contribution in [-0.2, 0) is 11.8 Å². The lowest BCUT2D eigenvalue weighted by atomic mass is 9.93. The van der Waals surface area contributed by atoms with Gasteiger partial charge in [0.1, 0.15) is 0 Å². The van der Waals surface area contributed by atoms with Crippen molar-refractivity contribution in [2.75, 3.05) is 19.6 Å². The Morgan fingerprint density at radius 2 is 2.24 bits per heavy atom. The molecular formula is C12H19N3O2. The molecule has 0 unspecified atom stereocenters.